The summed E-state index contributed by atoms with van der Waals surface area (Å²) in [5.74, 6) is -0.103. The lowest BCUT2D eigenvalue weighted by Gasteiger charge is -2.29. The van der Waals surface area contributed by atoms with Crippen molar-refractivity contribution in [2.24, 2.45) is 0 Å². The highest BCUT2D eigenvalue weighted by molar-refractivity contribution is 7.92. The first kappa shape index (κ1) is 15.2. The van der Waals surface area contributed by atoms with Gasteiger partial charge in [-0.25, -0.2) is 12.8 Å². The highest BCUT2D eigenvalue weighted by Gasteiger charge is 2.34. The lowest BCUT2D eigenvalue weighted by molar-refractivity contribution is 0.431. The molecule has 5 nitrogen and oxygen atoms in total. The minimum atomic E-state index is -3.84. The second-order valence-corrected chi connectivity index (χ2v) is 7.61. The monoisotopic (exact) mass is 364 g/mol. The number of hydrogen-bond donors (Lipinski definition) is 0. The smallest absolute Gasteiger partial charge is 0.264 e. The summed E-state index contributed by atoms with van der Waals surface area (Å²) in [6.07, 6.45) is 1.44. The molecule has 3 aromatic rings. The van der Waals surface area contributed by atoms with Crippen molar-refractivity contribution in [2.75, 3.05) is 4.31 Å². The van der Waals surface area contributed by atoms with Crippen LogP contribution in [0.15, 0.2) is 58.1 Å². The Morgan fingerprint density at radius 1 is 1.17 bits per heavy atom. The van der Waals surface area contributed by atoms with E-state index in [1.54, 1.807) is 0 Å². The molecule has 122 valence electrons. The van der Waals surface area contributed by atoms with Gasteiger partial charge in [0.2, 0.25) is 0 Å². The van der Waals surface area contributed by atoms with Crippen LogP contribution in [0.3, 0.4) is 0 Å². The third-order valence-corrected chi connectivity index (χ3v) is 5.86. The molecule has 1 aliphatic rings. The van der Waals surface area contributed by atoms with Crippen LogP contribution in [-0.2, 0) is 16.6 Å². The van der Waals surface area contributed by atoms with Crippen LogP contribution in [0.25, 0.3) is 11.3 Å². The van der Waals surface area contributed by atoms with Gasteiger partial charge in [0, 0.05) is 16.1 Å². The minimum absolute atomic E-state index is 0.0580. The van der Waals surface area contributed by atoms with Gasteiger partial charge in [0.15, 0.2) is 5.76 Å². The maximum atomic E-state index is 13.6. The molecule has 4 rings (SSSR count). The minimum Gasteiger partial charge on any atom is -0.356 e. The fraction of sp³-hybridized carbons (Fsp3) is 0.0625. The highest BCUT2D eigenvalue weighted by Crippen LogP contribution is 2.41. The topological polar surface area (TPSA) is 63.4 Å². The summed E-state index contributed by atoms with van der Waals surface area (Å²) in [4.78, 5) is 0.0991. The number of halogens is 2. The first-order chi connectivity index (χ1) is 11.5. The third kappa shape index (κ3) is 2.28. The zero-order valence-electron chi connectivity index (χ0n) is 12.1. The van der Waals surface area contributed by atoms with Gasteiger partial charge in [0.05, 0.1) is 23.3 Å². The van der Waals surface area contributed by atoms with Gasteiger partial charge in [-0.15, -0.1) is 0 Å². The molecule has 2 aromatic carbocycles. The molecule has 0 spiro atoms. The predicted octanol–water partition coefficient (Wildman–Crippen LogP) is 3.84. The van der Waals surface area contributed by atoms with Crippen LogP contribution >= 0.6 is 11.6 Å². The second kappa shape index (κ2) is 5.32. The van der Waals surface area contributed by atoms with Crippen molar-refractivity contribution >= 4 is 27.3 Å². The molecule has 0 aliphatic carbocycles. The van der Waals surface area contributed by atoms with Gasteiger partial charge >= 0.3 is 0 Å². The van der Waals surface area contributed by atoms with Crippen LogP contribution in [0.5, 0.6) is 0 Å². The van der Waals surface area contributed by atoms with Crippen LogP contribution in [0, 0.1) is 5.82 Å². The van der Waals surface area contributed by atoms with E-state index in [4.69, 9.17) is 16.1 Å². The normalized spacial score (nSPS) is 13.5. The van der Waals surface area contributed by atoms with Crippen LogP contribution in [0.2, 0.25) is 5.02 Å². The van der Waals surface area contributed by atoms with E-state index in [-0.39, 0.29) is 11.4 Å². The summed E-state index contributed by atoms with van der Waals surface area (Å²) < 4.78 is 46.1. The second-order valence-electron chi connectivity index (χ2n) is 5.31. The van der Waals surface area contributed by atoms with Crippen molar-refractivity contribution in [2.45, 2.75) is 11.4 Å². The zero-order chi connectivity index (χ0) is 16.9. The molecule has 1 aromatic heterocycles. The maximum absolute atomic E-state index is 13.6. The van der Waals surface area contributed by atoms with E-state index < -0.39 is 15.8 Å². The van der Waals surface area contributed by atoms with E-state index in [0.29, 0.717) is 27.6 Å². The number of hydrogen-bond acceptors (Lipinski definition) is 4. The molecular weight excluding hydrogens is 355 g/mol. The molecule has 0 bridgehead atoms. The van der Waals surface area contributed by atoms with E-state index in [1.165, 1.54) is 53.0 Å². The molecule has 24 heavy (non-hydrogen) atoms. The van der Waals surface area contributed by atoms with Crippen LogP contribution in [0.4, 0.5) is 10.1 Å². The Balaban J connectivity index is 1.90. The molecule has 0 radical (unpaired) electrons. The Morgan fingerprint density at radius 3 is 2.67 bits per heavy atom. The van der Waals surface area contributed by atoms with Gasteiger partial charge in [-0.2, -0.15) is 0 Å². The van der Waals surface area contributed by atoms with Gasteiger partial charge in [-0.05, 0) is 42.5 Å². The van der Waals surface area contributed by atoms with Gasteiger partial charge in [-0.1, -0.05) is 16.8 Å². The van der Waals surface area contributed by atoms with E-state index in [9.17, 15) is 12.8 Å². The molecule has 0 saturated carbocycles. The van der Waals surface area contributed by atoms with E-state index in [2.05, 4.69) is 5.16 Å². The fourth-order valence-electron chi connectivity index (χ4n) is 2.69. The standard InChI is InChI=1S/C16H10ClFN2O3S/c17-11-1-4-13(5-2-11)24(21,22)20-9-10-8-19-23-16(10)14-7-12(18)3-6-15(14)20/h1-8H,9H2. The van der Waals surface area contributed by atoms with Crippen LogP contribution in [0.1, 0.15) is 5.56 Å². The van der Waals surface area contributed by atoms with Gasteiger partial charge in [0.1, 0.15) is 5.82 Å². The number of anilines is 1. The number of sulfonamides is 1. The molecule has 0 amide bonds. The molecule has 2 heterocycles. The van der Waals surface area contributed by atoms with Gasteiger partial charge in [0.25, 0.3) is 10.0 Å². The summed E-state index contributed by atoms with van der Waals surface area (Å²) in [6.45, 7) is 0.0580. The van der Waals surface area contributed by atoms with Gasteiger partial charge in [-0.3, -0.25) is 4.31 Å². The molecule has 0 saturated heterocycles. The Morgan fingerprint density at radius 2 is 1.92 bits per heavy atom. The maximum Gasteiger partial charge on any atom is 0.264 e. The van der Waals surface area contributed by atoms with Crippen molar-refractivity contribution in [3.05, 3.63) is 65.1 Å². The molecule has 0 unspecified atom stereocenters. The molecule has 8 heteroatoms. The summed E-state index contributed by atoms with van der Waals surface area (Å²) in [5, 5.41) is 4.14. The molecule has 0 N–H and O–H groups in total. The van der Waals surface area contributed by atoms with Gasteiger partial charge < -0.3 is 4.52 Å². The predicted molar refractivity (Wildman–Crippen MR) is 86.7 cm³/mol. The summed E-state index contributed by atoms with van der Waals surface area (Å²) >= 11 is 5.83. The average Bonchev–Trinajstić information content (AvgIpc) is 3.03. The molecule has 0 atom stereocenters. The Kier molecular flexibility index (Phi) is 3.36. The SMILES string of the molecule is O=S(=O)(c1ccc(Cl)cc1)N1Cc2cnoc2-c2cc(F)ccc21. The summed E-state index contributed by atoms with van der Waals surface area (Å²) in [5.41, 5.74) is 1.27. The number of fused-ring (bicyclic) bond motifs is 3. The number of rotatable bonds is 2. The lowest BCUT2D eigenvalue weighted by Crippen LogP contribution is -2.32. The van der Waals surface area contributed by atoms with Crippen molar-refractivity contribution in [3.63, 3.8) is 0 Å². The van der Waals surface area contributed by atoms with E-state index in [1.807, 2.05) is 0 Å². The van der Waals surface area contributed by atoms with Crippen molar-refractivity contribution in [1.82, 2.24) is 5.16 Å². The Hall–Kier alpha value is -2.38. The van der Waals surface area contributed by atoms with E-state index in [0.717, 1.165) is 0 Å². The third-order valence-electron chi connectivity index (χ3n) is 3.83. The quantitative estimate of drug-likeness (QED) is 0.693. The summed E-state index contributed by atoms with van der Waals surface area (Å²) in [6, 6.07) is 9.76. The van der Waals surface area contributed by atoms with Crippen molar-refractivity contribution in [1.29, 1.82) is 0 Å². The number of aromatic nitrogens is 1. The lowest BCUT2D eigenvalue weighted by atomic mass is 10.0. The van der Waals surface area contributed by atoms with Crippen LogP contribution in [-0.4, -0.2) is 13.6 Å². The zero-order valence-corrected chi connectivity index (χ0v) is 13.7. The highest BCUT2D eigenvalue weighted by atomic mass is 35.5. The van der Waals surface area contributed by atoms with Crippen LogP contribution < -0.4 is 4.31 Å². The molecular formula is C16H10ClFN2O3S. The first-order valence-electron chi connectivity index (χ1n) is 6.98. The number of nitrogens with zero attached hydrogens (tertiary/aromatic N) is 2. The molecule has 0 fully saturated rings. The fourth-order valence-corrected chi connectivity index (χ4v) is 4.28. The van der Waals surface area contributed by atoms with Crippen molar-refractivity contribution < 1.29 is 17.3 Å². The number of benzene rings is 2. The van der Waals surface area contributed by atoms with E-state index >= 15 is 0 Å². The largest absolute Gasteiger partial charge is 0.356 e. The Labute approximate surface area is 142 Å². The summed E-state index contributed by atoms with van der Waals surface area (Å²) in [7, 11) is -3.84. The average molecular weight is 365 g/mol. The molecule has 1 aliphatic heterocycles. The first-order valence-corrected chi connectivity index (χ1v) is 8.80. The van der Waals surface area contributed by atoms with Crippen molar-refractivity contribution in [3.8, 4) is 11.3 Å². The Bertz CT molecular complexity index is 1030.